The third kappa shape index (κ3) is 3.83. The monoisotopic (exact) mass is 274 g/mol. The highest BCUT2D eigenvalue weighted by Crippen LogP contribution is 2.20. The molecule has 1 N–H and O–H groups in total. The first kappa shape index (κ1) is 15.5. The number of piperazine rings is 1. The minimum atomic E-state index is 0.644. The molecule has 0 bridgehead atoms. The average molecular weight is 274 g/mol. The van der Waals surface area contributed by atoms with Crippen molar-refractivity contribution in [1.82, 2.24) is 10.2 Å². The summed E-state index contributed by atoms with van der Waals surface area (Å²) in [7, 11) is 0. The minimum absolute atomic E-state index is 0.644. The van der Waals surface area contributed by atoms with Gasteiger partial charge in [-0.15, -0.1) is 0 Å². The molecule has 1 aliphatic rings. The maximum absolute atomic E-state index is 3.73. The van der Waals surface area contributed by atoms with E-state index in [0.717, 1.165) is 12.6 Å². The van der Waals surface area contributed by atoms with Gasteiger partial charge in [-0.25, -0.2) is 0 Å². The van der Waals surface area contributed by atoms with Gasteiger partial charge in [0.1, 0.15) is 0 Å². The van der Waals surface area contributed by atoms with E-state index in [4.69, 9.17) is 0 Å². The van der Waals surface area contributed by atoms with Crippen LogP contribution in [0.3, 0.4) is 0 Å². The van der Waals surface area contributed by atoms with Crippen LogP contribution in [0.4, 0.5) is 0 Å². The zero-order chi connectivity index (χ0) is 14.4. The summed E-state index contributed by atoms with van der Waals surface area (Å²) in [4.78, 5) is 2.78. The summed E-state index contributed by atoms with van der Waals surface area (Å²) >= 11 is 0. The van der Waals surface area contributed by atoms with Gasteiger partial charge in [0.25, 0.3) is 0 Å². The molecule has 112 valence electrons. The molecule has 2 nitrogen and oxygen atoms in total. The van der Waals surface area contributed by atoms with E-state index in [1.54, 1.807) is 0 Å². The second kappa shape index (κ2) is 7.80. The zero-order valence-electron chi connectivity index (χ0n) is 13.3. The summed E-state index contributed by atoms with van der Waals surface area (Å²) in [6.07, 6.45) is 4.92. The van der Waals surface area contributed by atoms with Crippen LogP contribution in [-0.2, 0) is 6.42 Å². The third-order valence-corrected chi connectivity index (χ3v) is 4.76. The fourth-order valence-electron chi connectivity index (χ4n) is 3.44. The average Bonchev–Trinajstić information content (AvgIpc) is 2.51. The van der Waals surface area contributed by atoms with Crippen molar-refractivity contribution >= 4 is 0 Å². The lowest BCUT2D eigenvalue weighted by Crippen LogP contribution is -2.59. The van der Waals surface area contributed by atoms with Crippen LogP contribution in [0.2, 0.25) is 0 Å². The van der Waals surface area contributed by atoms with E-state index in [9.17, 15) is 0 Å². The van der Waals surface area contributed by atoms with Gasteiger partial charge in [-0.1, -0.05) is 51.1 Å². The molecule has 0 aliphatic carbocycles. The number of nitrogens with one attached hydrogen (secondary N) is 1. The molecule has 20 heavy (non-hydrogen) atoms. The van der Waals surface area contributed by atoms with Crippen LogP contribution in [-0.4, -0.2) is 36.1 Å². The maximum atomic E-state index is 3.73. The van der Waals surface area contributed by atoms with Crippen LogP contribution in [0.5, 0.6) is 0 Å². The van der Waals surface area contributed by atoms with Crippen molar-refractivity contribution in [3.8, 4) is 0 Å². The van der Waals surface area contributed by atoms with Gasteiger partial charge in [-0.2, -0.15) is 0 Å². The molecular formula is C18H30N2. The van der Waals surface area contributed by atoms with Gasteiger partial charge in [0.2, 0.25) is 0 Å². The number of nitrogens with zero attached hydrogens (tertiary/aromatic N) is 1. The van der Waals surface area contributed by atoms with Crippen LogP contribution in [0.1, 0.15) is 45.6 Å². The van der Waals surface area contributed by atoms with Crippen molar-refractivity contribution in [2.24, 2.45) is 0 Å². The van der Waals surface area contributed by atoms with Gasteiger partial charge in [0.05, 0.1) is 0 Å². The van der Waals surface area contributed by atoms with Crippen molar-refractivity contribution in [2.75, 3.05) is 13.1 Å². The van der Waals surface area contributed by atoms with Gasteiger partial charge in [-0.05, 0) is 31.2 Å². The van der Waals surface area contributed by atoms with E-state index in [2.05, 4.69) is 61.3 Å². The molecule has 2 heteroatoms. The Balaban J connectivity index is 2.08. The largest absolute Gasteiger partial charge is 0.311 e. The lowest BCUT2D eigenvalue weighted by Gasteiger charge is -2.44. The van der Waals surface area contributed by atoms with Gasteiger partial charge < -0.3 is 5.32 Å². The molecule has 0 spiro atoms. The van der Waals surface area contributed by atoms with Crippen LogP contribution >= 0.6 is 0 Å². The lowest BCUT2D eigenvalue weighted by atomic mass is 9.96. The summed E-state index contributed by atoms with van der Waals surface area (Å²) < 4.78 is 0. The quantitative estimate of drug-likeness (QED) is 0.854. The van der Waals surface area contributed by atoms with E-state index in [0.29, 0.717) is 12.1 Å². The Labute approximate surface area is 124 Å². The molecule has 2 atom stereocenters. The molecule has 1 aromatic rings. The second-order valence-corrected chi connectivity index (χ2v) is 6.02. The summed E-state index contributed by atoms with van der Waals surface area (Å²) in [5.41, 5.74) is 1.46. The van der Waals surface area contributed by atoms with Gasteiger partial charge in [0.15, 0.2) is 0 Å². The topological polar surface area (TPSA) is 15.3 Å². The highest BCUT2D eigenvalue weighted by molar-refractivity contribution is 5.16. The highest BCUT2D eigenvalue weighted by atomic mass is 15.3. The van der Waals surface area contributed by atoms with Crippen molar-refractivity contribution in [3.05, 3.63) is 35.9 Å². The molecule has 0 aromatic heterocycles. The molecule has 2 rings (SSSR count). The summed E-state index contributed by atoms with van der Waals surface area (Å²) in [5.74, 6) is 0. The maximum Gasteiger partial charge on any atom is 0.0264 e. The number of rotatable bonds is 6. The van der Waals surface area contributed by atoms with E-state index < -0.39 is 0 Å². The first-order chi connectivity index (χ1) is 9.78. The second-order valence-electron chi connectivity index (χ2n) is 6.02. The number of hydrogen-bond acceptors (Lipinski definition) is 2. The molecule has 0 radical (unpaired) electrons. The minimum Gasteiger partial charge on any atom is -0.311 e. The summed E-state index contributed by atoms with van der Waals surface area (Å²) in [5, 5.41) is 3.73. The first-order valence-corrected chi connectivity index (χ1v) is 8.31. The summed E-state index contributed by atoms with van der Waals surface area (Å²) in [6.45, 7) is 9.29. The SMILES string of the molecule is CCC1CN(C(CC)CC)C(Cc2ccccc2)CN1. The normalized spacial score (nSPS) is 24.2. The van der Waals surface area contributed by atoms with Crippen LogP contribution < -0.4 is 5.32 Å². The standard InChI is InChI=1S/C18H30N2/c1-4-16-14-20(17(5-2)6-3)18(13-19-16)12-15-10-8-7-9-11-15/h7-11,16-19H,4-6,12-14H2,1-3H3. The fraction of sp³-hybridized carbons (Fsp3) is 0.667. The molecule has 0 amide bonds. The molecule has 2 unspecified atom stereocenters. The van der Waals surface area contributed by atoms with E-state index in [1.807, 2.05) is 0 Å². The lowest BCUT2D eigenvalue weighted by molar-refractivity contribution is 0.0753. The zero-order valence-corrected chi connectivity index (χ0v) is 13.3. The van der Waals surface area contributed by atoms with Gasteiger partial charge in [-0.3, -0.25) is 4.90 Å². The van der Waals surface area contributed by atoms with Crippen LogP contribution in [0.25, 0.3) is 0 Å². The van der Waals surface area contributed by atoms with Crippen LogP contribution in [0, 0.1) is 0 Å². The Kier molecular flexibility index (Phi) is 6.06. The van der Waals surface area contributed by atoms with E-state index in [-0.39, 0.29) is 0 Å². The Morgan fingerprint density at radius 3 is 2.45 bits per heavy atom. The number of hydrogen-bond donors (Lipinski definition) is 1. The van der Waals surface area contributed by atoms with E-state index >= 15 is 0 Å². The first-order valence-electron chi connectivity index (χ1n) is 8.31. The van der Waals surface area contributed by atoms with E-state index in [1.165, 1.54) is 37.8 Å². The van der Waals surface area contributed by atoms with Crippen molar-refractivity contribution in [3.63, 3.8) is 0 Å². The molecule has 1 aromatic carbocycles. The predicted octanol–water partition coefficient (Wildman–Crippen LogP) is 3.47. The Hall–Kier alpha value is -0.860. The molecular weight excluding hydrogens is 244 g/mol. The van der Waals surface area contributed by atoms with Crippen molar-refractivity contribution in [1.29, 1.82) is 0 Å². The van der Waals surface area contributed by atoms with Gasteiger partial charge >= 0.3 is 0 Å². The molecule has 0 saturated carbocycles. The fourth-order valence-corrected chi connectivity index (χ4v) is 3.44. The summed E-state index contributed by atoms with van der Waals surface area (Å²) in [6, 6.07) is 13.0. The molecule has 1 saturated heterocycles. The Bertz CT molecular complexity index is 372. The molecule has 1 fully saturated rings. The van der Waals surface area contributed by atoms with Crippen LogP contribution in [0.15, 0.2) is 30.3 Å². The third-order valence-electron chi connectivity index (χ3n) is 4.76. The highest BCUT2D eigenvalue weighted by Gasteiger charge is 2.30. The molecule has 1 heterocycles. The smallest absolute Gasteiger partial charge is 0.0264 e. The number of benzene rings is 1. The van der Waals surface area contributed by atoms with Crippen molar-refractivity contribution in [2.45, 2.75) is 64.6 Å². The Morgan fingerprint density at radius 1 is 1.15 bits per heavy atom. The Morgan fingerprint density at radius 2 is 1.85 bits per heavy atom. The van der Waals surface area contributed by atoms with Crippen molar-refractivity contribution < 1.29 is 0 Å². The molecule has 1 aliphatic heterocycles. The van der Waals surface area contributed by atoms with Gasteiger partial charge in [0, 0.05) is 31.2 Å². The predicted molar refractivity (Wildman–Crippen MR) is 87.1 cm³/mol.